The third kappa shape index (κ3) is 8.03. The van der Waals surface area contributed by atoms with Crippen LogP contribution in [0.5, 0.6) is 0 Å². The van der Waals surface area contributed by atoms with E-state index in [0.29, 0.717) is 0 Å². The SMILES string of the molecule is CCCS(CCC)=P(O)(O)S.[KH]. The Morgan fingerprint density at radius 3 is 1.67 bits per heavy atom. The fourth-order valence-corrected chi connectivity index (χ4v) is 6.49. The van der Waals surface area contributed by atoms with Crippen LogP contribution in [0.4, 0.5) is 0 Å². The molecule has 0 aliphatic heterocycles. The van der Waals surface area contributed by atoms with Crippen molar-refractivity contribution in [3.63, 3.8) is 0 Å². The Hall–Kier alpha value is 2.69. The Kier molecular flexibility index (Phi) is 12.8. The Morgan fingerprint density at radius 1 is 1.17 bits per heavy atom. The molecule has 2 N–H and O–H groups in total. The molecule has 0 aromatic rings. The molecule has 0 aliphatic rings. The molecule has 0 aromatic carbocycles. The second kappa shape index (κ2) is 8.95. The maximum atomic E-state index is 9.28. The summed E-state index contributed by atoms with van der Waals surface area (Å²) in [5.74, 6) is 1.80. The molecule has 12 heavy (non-hydrogen) atoms. The van der Waals surface area contributed by atoms with E-state index in [4.69, 9.17) is 0 Å². The van der Waals surface area contributed by atoms with Gasteiger partial charge in [-0.25, -0.2) is 0 Å². The summed E-state index contributed by atoms with van der Waals surface area (Å²) in [5.41, 5.74) is -2.84. The van der Waals surface area contributed by atoms with Crippen LogP contribution in [0, 0.1) is 0 Å². The van der Waals surface area contributed by atoms with Crippen molar-refractivity contribution in [3.8, 4) is 0 Å². The Labute approximate surface area is 125 Å². The van der Waals surface area contributed by atoms with Crippen molar-refractivity contribution < 1.29 is 9.79 Å². The van der Waals surface area contributed by atoms with E-state index in [-0.39, 0.29) is 61.5 Å². The Balaban J connectivity index is 0. The van der Waals surface area contributed by atoms with Gasteiger partial charge in [-0.2, -0.15) is 0 Å². The summed E-state index contributed by atoms with van der Waals surface area (Å²) < 4.78 is 0. The van der Waals surface area contributed by atoms with Crippen LogP contribution in [0.2, 0.25) is 0 Å². The van der Waals surface area contributed by atoms with E-state index in [2.05, 4.69) is 26.1 Å². The van der Waals surface area contributed by atoms with E-state index >= 15 is 0 Å². The monoisotopic (exact) mass is 256 g/mol. The zero-order chi connectivity index (χ0) is 8.91. The first kappa shape index (κ1) is 17.1. The minimum atomic E-state index is -2.84. The van der Waals surface area contributed by atoms with Gasteiger partial charge < -0.3 is 9.79 Å². The predicted octanol–water partition coefficient (Wildman–Crippen LogP) is 1.37. The van der Waals surface area contributed by atoms with Crippen molar-refractivity contribution in [1.82, 2.24) is 0 Å². The van der Waals surface area contributed by atoms with Gasteiger partial charge in [0.2, 0.25) is 0 Å². The third-order valence-electron chi connectivity index (χ3n) is 1.23. The molecule has 0 aliphatic carbocycles. The zero-order valence-corrected chi connectivity index (χ0v) is 9.63. The van der Waals surface area contributed by atoms with Crippen molar-refractivity contribution in [1.29, 1.82) is 0 Å². The van der Waals surface area contributed by atoms with Gasteiger partial charge in [0.15, 0.2) is 5.69 Å². The van der Waals surface area contributed by atoms with Gasteiger partial charge in [0.1, 0.15) is 0 Å². The summed E-state index contributed by atoms with van der Waals surface area (Å²) in [4.78, 5) is 18.6. The third-order valence-corrected chi connectivity index (χ3v) is 8.93. The van der Waals surface area contributed by atoms with Crippen LogP contribution >= 0.6 is 17.9 Å². The number of thiol groups is 1. The van der Waals surface area contributed by atoms with Crippen LogP contribution in [0.15, 0.2) is 0 Å². The molecule has 0 fully saturated rings. The summed E-state index contributed by atoms with van der Waals surface area (Å²) in [5, 5.41) is 0. The van der Waals surface area contributed by atoms with Crippen molar-refractivity contribution >= 4 is 79.4 Å². The van der Waals surface area contributed by atoms with Crippen LogP contribution in [0.25, 0.3) is 0 Å². The summed E-state index contributed by atoms with van der Waals surface area (Å²) in [6.07, 6.45) is 2.01. The fraction of sp³-hybridized carbons (Fsp3) is 1.00. The van der Waals surface area contributed by atoms with Crippen LogP contribution in [-0.2, 0) is 10.1 Å². The molecule has 0 aromatic heterocycles. The molecule has 0 bridgehead atoms. The molecule has 0 spiro atoms. The molecule has 6 heteroatoms. The van der Waals surface area contributed by atoms with Gasteiger partial charge in [0.25, 0.3) is 0 Å². The van der Waals surface area contributed by atoms with Gasteiger partial charge in [-0.05, 0) is 24.3 Å². The molecule has 2 nitrogen and oxygen atoms in total. The fourth-order valence-electron chi connectivity index (χ4n) is 0.818. The number of rotatable bonds is 4. The molecular weight excluding hydrogens is 238 g/mol. The molecule has 0 heterocycles. The van der Waals surface area contributed by atoms with Gasteiger partial charge >= 0.3 is 51.4 Å². The standard InChI is InChI=1S/C6H17O2PS2.K.H/c1-3-5-11(6-4-2)9(7,8)10;;/h7-8,10H,3-6H2,1-2H3;;. The average Bonchev–Trinajstić information content (AvgIpc) is 1.85. The van der Waals surface area contributed by atoms with Crippen molar-refractivity contribution in [2.24, 2.45) is 0 Å². The molecule has 0 atom stereocenters. The molecule has 72 valence electrons. The summed E-state index contributed by atoms with van der Waals surface area (Å²) in [6.45, 7) is 4.11. The Bertz CT molecular complexity index is 153. The van der Waals surface area contributed by atoms with Gasteiger partial charge in [0.05, 0.1) is 0 Å². The van der Waals surface area contributed by atoms with Crippen LogP contribution < -0.4 is 0 Å². The molecule has 0 rings (SSSR count). The van der Waals surface area contributed by atoms with Crippen LogP contribution in [0.3, 0.4) is 0 Å². The molecule has 0 radical (unpaired) electrons. The minimum absolute atomic E-state index is 0. The van der Waals surface area contributed by atoms with E-state index in [9.17, 15) is 9.79 Å². The molecule has 0 saturated carbocycles. The van der Waals surface area contributed by atoms with Crippen molar-refractivity contribution in [2.75, 3.05) is 11.5 Å². The van der Waals surface area contributed by atoms with Crippen LogP contribution in [0.1, 0.15) is 26.7 Å². The molecule has 0 unspecified atom stereocenters. The van der Waals surface area contributed by atoms with E-state index < -0.39 is 5.69 Å². The van der Waals surface area contributed by atoms with E-state index in [1.54, 1.807) is 0 Å². The topological polar surface area (TPSA) is 40.5 Å². The molecule has 0 amide bonds. The average molecular weight is 256 g/mol. The van der Waals surface area contributed by atoms with Crippen molar-refractivity contribution in [3.05, 3.63) is 0 Å². The summed E-state index contributed by atoms with van der Waals surface area (Å²) >= 11 is 3.85. The van der Waals surface area contributed by atoms with Gasteiger partial charge in [-0.3, -0.25) is 0 Å². The first-order chi connectivity index (χ1) is 5.02. The summed E-state index contributed by atoms with van der Waals surface area (Å²) in [7, 11) is -0.255. The zero-order valence-electron chi connectivity index (χ0n) is 7.03. The first-order valence-corrected chi connectivity index (χ1v) is 8.79. The number of hydrogen-bond acceptors (Lipinski definition) is 0. The maximum absolute atomic E-state index is 9.28. The van der Waals surface area contributed by atoms with E-state index in [1.807, 2.05) is 0 Å². The summed E-state index contributed by atoms with van der Waals surface area (Å²) in [6, 6.07) is 0. The predicted molar refractivity (Wildman–Crippen MR) is 65.2 cm³/mol. The van der Waals surface area contributed by atoms with Crippen molar-refractivity contribution in [2.45, 2.75) is 26.7 Å². The second-order valence-corrected chi connectivity index (χ2v) is 10.7. The Morgan fingerprint density at radius 2 is 1.50 bits per heavy atom. The van der Waals surface area contributed by atoms with E-state index in [1.165, 1.54) is 0 Å². The molecule has 0 saturated heterocycles. The normalized spacial score (nSPS) is 11.5. The number of hydrogen-bond donors (Lipinski definition) is 3. The molecular formula is C6H18KO2PS2. The van der Waals surface area contributed by atoms with Gasteiger partial charge in [0, 0.05) is 0 Å². The second-order valence-electron chi connectivity index (χ2n) is 2.38. The van der Waals surface area contributed by atoms with Gasteiger partial charge in [-0.1, -0.05) is 26.1 Å². The van der Waals surface area contributed by atoms with Crippen LogP contribution in [-0.4, -0.2) is 72.7 Å². The first-order valence-electron chi connectivity index (χ1n) is 3.77. The quantitative estimate of drug-likeness (QED) is 0.404. The van der Waals surface area contributed by atoms with Gasteiger partial charge in [-0.15, -0.1) is 10.1 Å². The van der Waals surface area contributed by atoms with E-state index in [0.717, 1.165) is 24.3 Å².